The highest BCUT2D eigenvalue weighted by molar-refractivity contribution is 5.96. The molecule has 0 saturated carbocycles. The molecule has 1 rings (SSSR count). The van der Waals surface area contributed by atoms with Crippen LogP contribution in [0.2, 0.25) is 0 Å². The van der Waals surface area contributed by atoms with Crippen molar-refractivity contribution in [2.24, 2.45) is 5.10 Å². The highest BCUT2D eigenvalue weighted by Crippen LogP contribution is 1.93. The molecule has 0 unspecified atom stereocenters. The van der Waals surface area contributed by atoms with Gasteiger partial charge in [-0.2, -0.15) is 5.10 Å². The van der Waals surface area contributed by atoms with E-state index in [1.807, 2.05) is 44.2 Å². The summed E-state index contributed by atoms with van der Waals surface area (Å²) in [6.07, 6.45) is 0.984. The Kier molecular flexibility index (Phi) is 8.75. The number of amides is 2. The summed E-state index contributed by atoms with van der Waals surface area (Å²) in [5.74, 6) is -1.38. The first-order valence-corrected chi connectivity index (χ1v) is 5.52. The monoisotopic (exact) mass is 251 g/mol. The lowest BCUT2D eigenvalue weighted by molar-refractivity contribution is -0.134. The smallest absolute Gasteiger partial charge is 0.252 e. The fraction of sp³-hybridized carbons (Fsp3) is 0.250. The molecule has 0 spiro atoms. The van der Waals surface area contributed by atoms with Crippen molar-refractivity contribution in [2.45, 2.75) is 20.3 Å². The Balaban J connectivity index is 0.00000137. The van der Waals surface area contributed by atoms with E-state index in [-0.39, 0.29) is 0 Å². The van der Waals surface area contributed by atoms with Crippen LogP contribution in [-0.4, -0.2) is 23.2 Å². The number of carbonyl (C=O) groups excluding carboxylic acids is 2. The number of hydrogen-bond donors (Lipinski definition) is 3. The van der Waals surface area contributed by atoms with Gasteiger partial charge in [0, 0.05) is 0 Å². The van der Waals surface area contributed by atoms with E-state index in [1.54, 1.807) is 0 Å². The van der Waals surface area contributed by atoms with Gasteiger partial charge in [-0.1, -0.05) is 44.2 Å². The quantitative estimate of drug-likeness (QED) is 0.323. The number of nitrogens with one attached hydrogen (secondary N) is 2. The molecular formula is C12H17N3O3. The molecule has 3 N–H and O–H groups in total. The van der Waals surface area contributed by atoms with E-state index >= 15 is 0 Å². The molecule has 0 aliphatic heterocycles. The minimum Gasteiger partial charge on any atom is -0.289 e. The molecule has 0 bridgehead atoms. The van der Waals surface area contributed by atoms with Crippen LogP contribution in [0.3, 0.4) is 0 Å². The van der Waals surface area contributed by atoms with Gasteiger partial charge in [0.1, 0.15) is 6.42 Å². The van der Waals surface area contributed by atoms with Gasteiger partial charge in [-0.25, -0.2) is 10.9 Å². The SMILES string of the molecule is CC.O=C(CC(=O)N/N=C\c1ccccc1)NO. The Morgan fingerprint density at radius 2 is 1.83 bits per heavy atom. The Labute approximate surface area is 106 Å². The number of hydrogen-bond acceptors (Lipinski definition) is 4. The highest BCUT2D eigenvalue weighted by Gasteiger charge is 2.06. The number of hydrazone groups is 1. The van der Waals surface area contributed by atoms with E-state index < -0.39 is 18.2 Å². The largest absolute Gasteiger partial charge is 0.289 e. The van der Waals surface area contributed by atoms with E-state index in [0.717, 1.165) is 5.56 Å². The molecule has 6 heteroatoms. The highest BCUT2D eigenvalue weighted by atomic mass is 16.5. The van der Waals surface area contributed by atoms with Gasteiger partial charge in [0.25, 0.3) is 5.91 Å². The standard InChI is InChI=1S/C10H11N3O3.C2H6/c14-9(6-10(15)13-16)12-11-7-8-4-2-1-3-5-8;1-2/h1-5,7,16H,6H2,(H,12,14)(H,13,15);1-2H3/b11-7-;. The third-order valence-electron chi connectivity index (χ3n) is 1.65. The zero-order chi connectivity index (χ0) is 13.8. The molecule has 0 saturated heterocycles. The van der Waals surface area contributed by atoms with Crippen LogP contribution in [0.15, 0.2) is 35.4 Å². The predicted molar refractivity (Wildman–Crippen MR) is 68.1 cm³/mol. The summed E-state index contributed by atoms with van der Waals surface area (Å²) >= 11 is 0. The van der Waals surface area contributed by atoms with E-state index in [0.29, 0.717) is 0 Å². The van der Waals surface area contributed by atoms with Crippen LogP contribution in [0.4, 0.5) is 0 Å². The van der Waals surface area contributed by atoms with Gasteiger partial charge >= 0.3 is 0 Å². The average molecular weight is 251 g/mol. The molecule has 0 aromatic heterocycles. The van der Waals surface area contributed by atoms with Crippen molar-refractivity contribution in [3.05, 3.63) is 35.9 Å². The van der Waals surface area contributed by atoms with Crippen molar-refractivity contribution in [1.29, 1.82) is 0 Å². The molecule has 2 amide bonds. The lowest BCUT2D eigenvalue weighted by atomic mass is 10.2. The van der Waals surface area contributed by atoms with E-state index in [2.05, 4.69) is 10.5 Å². The fourth-order valence-electron chi connectivity index (χ4n) is 0.943. The topological polar surface area (TPSA) is 90.8 Å². The molecule has 0 heterocycles. The van der Waals surface area contributed by atoms with Crippen LogP contribution in [0.25, 0.3) is 0 Å². The molecule has 0 fully saturated rings. The van der Waals surface area contributed by atoms with Crippen molar-refractivity contribution in [2.75, 3.05) is 0 Å². The molecule has 0 radical (unpaired) electrons. The van der Waals surface area contributed by atoms with Crippen LogP contribution in [0.1, 0.15) is 25.8 Å². The van der Waals surface area contributed by atoms with Crippen molar-refractivity contribution in [1.82, 2.24) is 10.9 Å². The molecule has 1 aromatic rings. The van der Waals surface area contributed by atoms with Crippen LogP contribution in [0.5, 0.6) is 0 Å². The third-order valence-corrected chi connectivity index (χ3v) is 1.65. The van der Waals surface area contributed by atoms with Crippen molar-refractivity contribution in [3.63, 3.8) is 0 Å². The Hall–Kier alpha value is -2.21. The van der Waals surface area contributed by atoms with Gasteiger partial charge in [0.2, 0.25) is 5.91 Å². The number of hydroxylamine groups is 1. The second kappa shape index (κ2) is 9.98. The summed E-state index contributed by atoms with van der Waals surface area (Å²) in [5, 5.41) is 11.8. The van der Waals surface area contributed by atoms with Gasteiger partial charge in [-0.15, -0.1) is 0 Å². The van der Waals surface area contributed by atoms with Crippen molar-refractivity contribution in [3.8, 4) is 0 Å². The molecule has 1 aromatic carbocycles. The van der Waals surface area contributed by atoms with Gasteiger partial charge in [0.15, 0.2) is 0 Å². The van der Waals surface area contributed by atoms with E-state index in [4.69, 9.17) is 5.21 Å². The van der Waals surface area contributed by atoms with Crippen LogP contribution >= 0.6 is 0 Å². The lowest BCUT2D eigenvalue weighted by Crippen LogP contribution is -2.27. The second-order valence-electron chi connectivity index (χ2n) is 2.92. The van der Waals surface area contributed by atoms with Gasteiger partial charge in [-0.3, -0.25) is 14.8 Å². The Morgan fingerprint density at radius 3 is 2.39 bits per heavy atom. The maximum absolute atomic E-state index is 11.0. The molecule has 0 aliphatic rings. The fourth-order valence-corrected chi connectivity index (χ4v) is 0.943. The zero-order valence-corrected chi connectivity index (χ0v) is 10.4. The van der Waals surface area contributed by atoms with Crippen LogP contribution in [-0.2, 0) is 9.59 Å². The first-order valence-electron chi connectivity index (χ1n) is 5.52. The lowest BCUT2D eigenvalue weighted by Gasteiger charge is -1.97. The first-order chi connectivity index (χ1) is 8.72. The molecule has 18 heavy (non-hydrogen) atoms. The van der Waals surface area contributed by atoms with Crippen molar-refractivity contribution >= 4 is 18.0 Å². The van der Waals surface area contributed by atoms with Gasteiger partial charge in [-0.05, 0) is 5.56 Å². The van der Waals surface area contributed by atoms with E-state index in [9.17, 15) is 9.59 Å². The number of rotatable bonds is 4. The normalized spacial score (nSPS) is 9.28. The summed E-state index contributed by atoms with van der Waals surface area (Å²) in [4.78, 5) is 21.6. The summed E-state index contributed by atoms with van der Waals surface area (Å²) < 4.78 is 0. The Bertz CT molecular complexity index is 391. The number of nitrogens with zero attached hydrogens (tertiary/aromatic N) is 1. The second-order valence-corrected chi connectivity index (χ2v) is 2.92. The Morgan fingerprint density at radius 1 is 1.22 bits per heavy atom. The number of carbonyl (C=O) groups is 2. The van der Waals surface area contributed by atoms with E-state index in [1.165, 1.54) is 11.7 Å². The molecular weight excluding hydrogens is 234 g/mol. The van der Waals surface area contributed by atoms with Crippen LogP contribution in [0, 0.1) is 0 Å². The first kappa shape index (κ1) is 15.8. The minimum absolute atomic E-state index is 0.470. The summed E-state index contributed by atoms with van der Waals surface area (Å²) in [7, 11) is 0. The molecule has 0 atom stereocenters. The van der Waals surface area contributed by atoms with Gasteiger partial charge < -0.3 is 0 Å². The summed E-state index contributed by atoms with van der Waals surface area (Å²) in [5.41, 5.74) is 4.34. The molecule has 0 aliphatic carbocycles. The zero-order valence-electron chi connectivity index (χ0n) is 10.4. The average Bonchev–Trinajstić information content (AvgIpc) is 2.42. The van der Waals surface area contributed by atoms with Crippen molar-refractivity contribution < 1.29 is 14.8 Å². The maximum atomic E-state index is 11.0. The third kappa shape index (κ3) is 7.13. The molecule has 6 nitrogen and oxygen atoms in total. The summed E-state index contributed by atoms with van der Waals surface area (Å²) in [6, 6.07) is 9.17. The van der Waals surface area contributed by atoms with Gasteiger partial charge in [0.05, 0.1) is 6.21 Å². The summed E-state index contributed by atoms with van der Waals surface area (Å²) in [6.45, 7) is 4.00. The number of benzene rings is 1. The van der Waals surface area contributed by atoms with Crippen LogP contribution < -0.4 is 10.9 Å². The maximum Gasteiger partial charge on any atom is 0.252 e. The predicted octanol–water partition coefficient (Wildman–Crippen LogP) is 1.06. The molecule has 98 valence electrons. The minimum atomic E-state index is -0.785.